The maximum Gasteiger partial charge on any atom is 0.354 e. The Balaban J connectivity index is 2.40. The fourth-order valence-electron chi connectivity index (χ4n) is 2.00. The number of rotatable bonds is 7. The molecule has 1 N–H and O–H groups in total. The zero-order valence-electron chi connectivity index (χ0n) is 15.1. The average molecular weight is 409 g/mol. The second-order valence-electron chi connectivity index (χ2n) is 5.05. The van der Waals surface area contributed by atoms with E-state index in [-0.39, 0.29) is 27.8 Å². The van der Waals surface area contributed by atoms with Gasteiger partial charge < -0.3 is 24.3 Å². The number of esters is 3. The third-order valence-electron chi connectivity index (χ3n) is 3.30. The zero-order valence-corrected chi connectivity index (χ0v) is 15.9. The quantitative estimate of drug-likeness (QED) is 0.423. The van der Waals surface area contributed by atoms with Gasteiger partial charge in [0.1, 0.15) is 11.5 Å². The highest BCUT2D eigenvalue weighted by molar-refractivity contribution is 7.12. The van der Waals surface area contributed by atoms with Crippen molar-refractivity contribution in [2.75, 3.05) is 26.6 Å². The predicted molar refractivity (Wildman–Crippen MR) is 97.9 cm³/mol. The number of methoxy groups -OCH3 is 3. The molecule has 1 aromatic heterocycles. The molecule has 0 bridgehead atoms. The molecule has 8 nitrogen and oxygen atoms in total. The average Bonchev–Trinajstić information content (AvgIpc) is 3.16. The van der Waals surface area contributed by atoms with Crippen molar-refractivity contribution in [3.8, 4) is 11.5 Å². The summed E-state index contributed by atoms with van der Waals surface area (Å²) in [4.78, 5) is 35.4. The lowest BCUT2D eigenvalue weighted by Gasteiger charge is -2.14. The fourth-order valence-corrected chi connectivity index (χ4v) is 2.74. The van der Waals surface area contributed by atoms with Gasteiger partial charge in [0.15, 0.2) is 16.4 Å². The van der Waals surface area contributed by atoms with E-state index >= 15 is 0 Å². The minimum atomic E-state index is -0.883. The van der Waals surface area contributed by atoms with Gasteiger partial charge in [-0.25, -0.2) is 18.8 Å². The molecule has 0 amide bonds. The molecule has 148 valence electrons. The molecular formula is C18H16FNO7S. The number of benzene rings is 1. The summed E-state index contributed by atoms with van der Waals surface area (Å²) < 4.78 is 33.2. The van der Waals surface area contributed by atoms with Crippen molar-refractivity contribution in [1.82, 2.24) is 0 Å². The van der Waals surface area contributed by atoms with Gasteiger partial charge in [-0.15, -0.1) is 11.3 Å². The van der Waals surface area contributed by atoms with Gasteiger partial charge in [0.2, 0.25) is 0 Å². The molecule has 0 unspecified atom stereocenters. The minimum Gasteiger partial charge on any atom is -0.466 e. The molecule has 10 heteroatoms. The smallest absolute Gasteiger partial charge is 0.354 e. The van der Waals surface area contributed by atoms with Crippen molar-refractivity contribution < 1.29 is 37.7 Å². The summed E-state index contributed by atoms with van der Waals surface area (Å²) in [5, 5.41) is 4.21. The van der Waals surface area contributed by atoms with Crippen molar-refractivity contribution in [3.63, 3.8) is 0 Å². The number of carbonyl (C=O) groups excluding carboxylic acids is 3. The van der Waals surface area contributed by atoms with E-state index in [0.29, 0.717) is 0 Å². The normalized spacial score (nSPS) is 10.8. The summed E-state index contributed by atoms with van der Waals surface area (Å²) in [6.45, 7) is 0. The molecule has 0 aliphatic carbocycles. The Morgan fingerprint density at radius 2 is 1.79 bits per heavy atom. The number of hydrogen-bond donors (Lipinski definition) is 1. The Kier molecular flexibility index (Phi) is 7.10. The van der Waals surface area contributed by atoms with E-state index in [1.807, 2.05) is 0 Å². The van der Waals surface area contributed by atoms with Crippen molar-refractivity contribution in [2.45, 2.75) is 0 Å². The van der Waals surface area contributed by atoms with Crippen molar-refractivity contribution in [2.24, 2.45) is 0 Å². The number of anilines is 1. The van der Waals surface area contributed by atoms with Crippen LogP contribution in [0.25, 0.3) is 0 Å². The minimum absolute atomic E-state index is 0.0163. The molecule has 2 rings (SSSR count). The van der Waals surface area contributed by atoms with Gasteiger partial charge >= 0.3 is 17.9 Å². The van der Waals surface area contributed by atoms with E-state index in [0.717, 1.165) is 43.8 Å². The van der Waals surface area contributed by atoms with Crippen LogP contribution in [0.15, 0.2) is 41.4 Å². The van der Waals surface area contributed by atoms with Gasteiger partial charge in [0, 0.05) is 6.07 Å². The van der Waals surface area contributed by atoms with Crippen LogP contribution in [0.2, 0.25) is 0 Å². The summed E-state index contributed by atoms with van der Waals surface area (Å²) in [7, 11) is 3.48. The van der Waals surface area contributed by atoms with Gasteiger partial charge in [0.25, 0.3) is 0 Å². The van der Waals surface area contributed by atoms with Crippen LogP contribution in [0.1, 0.15) is 9.67 Å². The van der Waals surface area contributed by atoms with E-state index in [2.05, 4.69) is 19.5 Å². The third kappa shape index (κ3) is 5.07. The van der Waals surface area contributed by atoms with Gasteiger partial charge in [0.05, 0.1) is 33.1 Å². The molecule has 28 heavy (non-hydrogen) atoms. The first-order valence-electron chi connectivity index (χ1n) is 7.67. The SMILES string of the molecule is COC(=O)/C=C(/Nc1cc(F)ccc1Oc1ccsc1C(=O)OC)C(=O)OC. The number of nitrogens with one attached hydrogen (secondary N) is 1. The molecule has 1 heterocycles. The Morgan fingerprint density at radius 1 is 1.04 bits per heavy atom. The van der Waals surface area contributed by atoms with E-state index in [4.69, 9.17) is 4.74 Å². The number of ether oxygens (including phenoxy) is 4. The van der Waals surface area contributed by atoms with Crippen molar-refractivity contribution in [3.05, 3.63) is 52.1 Å². The Morgan fingerprint density at radius 3 is 2.43 bits per heavy atom. The molecule has 0 atom stereocenters. The maximum atomic E-state index is 13.8. The van der Waals surface area contributed by atoms with Crippen LogP contribution in [-0.2, 0) is 23.8 Å². The number of halogens is 1. The highest BCUT2D eigenvalue weighted by Crippen LogP contribution is 2.35. The van der Waals surface area contributed by atoms with Crippen LogP contribution in [-0.4, -0.2) is 39.2 Å². The lowest BCUT2D eigenvalue weighted by molar-refractivity contribution is -0.138. The van der Waals surface area contributed by atoms with E-state index in [9.17, 15) is 18.8 Å². The number of carbonyl (C=O) groups is 3. The standard InChI is InChI=1S/C18H16FNO7S/c1-24-15(21)9-12(17(22)25-2)20-11-8-10(19)4-5-13(11)27-14-6-7-28-16(14)18(23)26-3/h4-9,20H,1-3H3/b12-9+. The fraction of sp³-hybridized carbons (Fsp3) is 0.167. The van der Waals surface area contributed by atoms with Crippen LogP contribution in [0.4, 0.5) is 10.1 Å². The first-order chi connectivity index (χ1) is 13.4. The van der Waals surface area contributed by atoms with E-state index < -0.39 is 23.7 Å². The summed E-state index contributed by atoms with van der Waals surface area (Å²) in [5.74, 6) is -2.66. The summed E-state index contributed by atoms with van der Waals surface area (Å²) >= 11 is 1.10. The van der Waals surface area contributed by atoms with Crippen molar-refractivity contribution >= 4 is 34.9 Å². The first kappa shape index (κ1) is 20.9. The zero-order chi connectivity index (χ0) is 20.7. The van der Waals surface area contributed by atoms with E-state index in [1.165, 1.54) is 19.2 Å². The summed E-state index contributed by atoms with van der Waals surface area (Å²) in [6.07, 6.45) is 0.852. The molecule has 0 saturated heterocycles. The highest BCUT2D eigenvalue weighted by Gasteiger charge is 2.19. The largest absolute Gasteiger partial charge is 0.466 e. The van der Waals surface area contributed by atoms with Gasteiger partial charge in [-0.3, -0.25) is 0 Å². The molecule has 0 saturated carbocycles. The summed E-state index contributed by atoms with van der Waals surface area (Å²) in [6, 6.07) is 5.01. The number of thiophene rings is 1. The molecule has 0 fully saturated rings. The molecule has 2 aromatic rings. The molecule has 0 aliphatic heterocycles. The van der Waals surface area contributed by atoms with Crippen LogP contribution in [0.5, 0.6) is 11.5 Å². The monoisotopic (exact) mass is 409 g/mol. The first-order valence-corrected chi connectivity index (χ1v) is 8.55. The van der Waals surface area contributed by atoms with Crippen LogP contribution in [0.3, 0.4) is 0 Å². The number of hydrogen-bond acceptors (Lipinski definition) is 9. The molecule has 0 aliphatic rings. The Bertz CT molecular complexity index is 922. The molecule has 0 spiro atoms. The second kappa shape index (κ2) is 9.51. The molecule has 0 radical (unpaired) electrons. The van der Waals surface area contributed by atoms with Gasteiger partial charge in [-0.2, -0.15) is 0 Å². The topological polar surface area (TPSA) is 100 Å². The Labute approximate surface area is 163 Å². The molecule has 1 aromatic carbocycles. The summed E-state index contributed by atoms with van der Waals surface area (Å²) in [5.41, 5.74) is -0.286. The van der Waals surface area contributed by atoms with Crippen molar-refractivity contribution in [1.29, 1.82) is 0 Å². The van der Waals surface area contributed by atoms with Crippen LogP contribution < -0.4 is 10.1 Å². The van der Waals surface area contributed by atoms with E-state index in [1.54, 1.807) is 5.38 Å². The second-order valence-corrected chi connectivity index (χ2v) is 5.96. The van der Waals surface area contributed by atoms with Gasteiger partial charge in [-0.05, 0) is 23.6 Å². The van der Waals surface area contributed by atoms with Crippen LogP contribution >= 0.6 is 11.3 Å². The van der Waals surface area contributed by atoms with Crippen LogP contribution in [0, 0.1) is 5.82 Å². The maximum absolute atomic E-state index is 13.8. The predicted octanol–water partition coefficient (Wildman–Crippen LogP) is 3.11. The highest BCUT2D eigenvalue weighted by atomic mass is 32.1. The van der Waals surface area contributed by atoms with Gasteiger partial charge in [-0.1, -0.05) is 0 Å². The Hall–Kier alpha value is -3.40. The third-order valence-corrected chi connectivity index (χ3v) is 4.18. The lowest BCUT2D eigenvalue weighted by atomic mass is 10.2. The lowest BCUT2D eigenvalue weighted by Crippen LogP contribution is -2.16. The molecular weight excluding hydrogens is 393 g/mol.